The van der Waals surface area contributed by atoms with E-state index in [0.29, 0.717) is 17.4 Å². The van der Waals surface area contributed by atoms with Crippen LogP contribution in [0.3, 0.4) is 0 Å². The second-order valence-corrected chi connectivity index (χ2v) is 8.90. The second-order valence-electron chi connectivity index (χ2n) is 8.04. The molecule has 0 fully saturated rings. The summed E-state index contributed by atoms with van der Waals surface area (Å²) in [5.74, 6) is 0.0148. The summed E-state index contributed by atoms with van der Waals surface area (Å²) in [7, 11) is 0. The third-order valence-electron chi connectivity index (χ3n) is 5.49. The number of halogens is 3. The summed E-state index contributed by atoms with van der Waals surface area (Å²) in [5, 5.41) is 8.00. The maximum Gasteiger partial charge on any atom is 0.416 e. The molecule has 4 rings (SSSR count). The lowest BCUT2D eigenvalue weighted by molar-refractivity contribution is -0.137. The van der Waals surface area contributed by atoms with Crippen molar-refractivity contribution >= 4 is 28.1 Å². The number of thiazole rings is 1. The van der Waals surface area contributed by atoms with Crippen molar-refractivity contribution in [3.63, 3.8) is 0 Å². The van der Waals surface area contributed by atoms with Crippen LogP contribution in [0.2, 0.25) is 0 Å². The van der Waals surface area contributed by atoms with E-state index in [0.717, 1.165) is 18.6 Å². The maximum atomic E-state index is 12.9. The van der Waals surface area contributed by atoms with Crippen molar-refractivity contribution in [1.29, 1.82) is 0 Å². The van der Waals surface area contributed by atoms with E-state index in [2.05, 4.69) is 39.9 Å². The van der Waals surface area contributed by atoms with Gasteiger partial charge in [-0.2, -0.15) is 13.2 Å². The van der Waals surface area contributed by atoms with Crippen LogP contribution in [0.15, 0.2) is 90.3 Å². The molecule has 35 heavy (non-hydrogen) atoms. The first-order chi connectivity index (χ1) is 16.9. The van der Waals surface area contributed by atoms with Crippen LogP contribution in [0.4, 0.5) is 24.0 Å². The molecular formula is C27H24F3N3OS. The van der Waals surface area contributed by atoms with Gasteiger partial charge in [-0.3, -0.25) is 4.79 Å². The largest absolute Gasteiger partial charge is 0.416 e. The van der Waals surface area contributed by atoms with Crippen molar-refractivity contribution < 1.29 is 18.0 Å². The smallest absolute Gasteiger partial charge is 0.356 e. The summed E-state index contributed by atoms with van der Waals surface area (Å²) in [6, 6.07) is 25.3. The van der Waals surface area contributed by atoms with E-state index < -0.39 is 11.7 Å². The quantitative estimate of drug-likeness (QED) is 0.269. The molecular weight excluding hydrogens is 471 g/mol. The standard InChI is InChI=1S/C27H24F3N3OS/c28-27(29,30)21-12-7-13-22(16-21)32-26-33-23(18-35-26)17-25(34)31-15-14-24(19-8-3-1-4-9-19)20-10-5-2-6-11-20/h1-13,16,18,24H,14-15,17H2,(H,31,34)(H,32,33). The molecule has 3 aromatic carbocycles. The molecule has 1 heterocycles. The van der Waals surface area contributed by atoms with Crippen LogP contribution in [0, 0.1) is 0 Å². The highest BCUT2D eigenvalue weighted by Crippen LogP contribution is 2.32. The molecule has 4 nitrogen and oxygen atoms in total. The Hall–Kier alpha value is -3.65. The van der Waals surface area contributed by atoms with E-state index in [4.69, 9.17) is 0 Å². The van der Waals surface area contributed by atoms with Crippen LogP contribution in [-0.2, 0) is 17.4 Å². The monoisotopic (exact) mass is 495 g/mol. The van der Waals surface area contributed by atoms with E-state index >= 15 is 0 Å². The Morgan fingerprint density at radius 1 is 0.914 bits per heavy atom. The van der Waals surface area contributed by atoms with Crippen molar-refractivity contribution in [2.75, 3.05) is 11.9 Å². The summed E-state index contributed by atoms with van der Waals surface area (Å²) >= 11 is 1.24. The number of carbonyl (C=O) groups is 1. The van der Waals surface area contributed by atoms with Gasteiger partial charge in [0.05, 0.1) is 17.7 Å². The van der Waals surface area contributed by atoms with Gasteiger partial charge in [0.25, 0.3) is 0 Å². The molecule has 2 N–H and O–H groups in total. The Morgan fingerprint density at radius 2 is 1.57 bits per heavy atom. The summed E-state index contributed by atoms with van der Waals surface area (Å²) in [5.41, 5.74) is 2.50. The Morgan fingerprint density at radius 3 is 2.20 bits per heavy atom. The number of amides is 1. The van der Waals surface area contributed by atoms with Crippen molar-refractivity contribution in [3.05, 3.63) is 113 Å². The van der Waals surface area contributed by atoms with Gasteiger partial charge < -0.3 is 10.6 Å². The molecule has 0 aliphatic carbocycles. The fraction of sp³-hybridized carbons (Fsp3) is 0.185. The predicted octanol–water partition coefficient (Wildman–Crippen LogP) is 6.79. The number of carbonyl (C=O) groups excluding carboxylic acids is 1. The number of aromatic nitrogens is 1. The lowest BCUT2D eigenvalue weighted by Crippen LogP contribution is -2.27. The third kappa shape index (κ3) is 6.93. The second kappa shape index (κ2) is 11.2. The predicted molar refractivity (Wildman–Crippen MR) is 133 cm³/mol. The zero-order valence-electron chi connectivity index (χ0n) is 18.8. The molecule has 0 atom stereocenters. The van der Waals surface area contributed by atoms with Crippen LogP contribution >= 0.6 is 11.3 Å². The van der Waals surface area contributed by atoms with E-state index in [1.165, 1.54) is 28.5 Å². The zero-order valence-corrected chi connectivity index (χ0v) is 19.6. The van der Waals surface area contributed by atoms with E-state index in [-0.39, 0.29) is 23.9 Å². The molecule has 1 amide bonds. The zero-order chi connectivity index (χ0) is 24.7. The molecule has 1 aromatic heterocycles. The highest BCUT2D eigenvalue weighted by Gasteiger charge is 2.30. The van der Waals surface area contributed by atoms with Gasteiger partial charge in [0.15, 0.2) is 5.13 Å². The topological polar surface area (TPSA) is 54.0 Å². The molecule has 8 heteroatoms. The van der Waals surface area contributed by atoms with Crippen LogP contribution in [0.1, 0.15) is 34.7 Å². The first-order valence-corrected chi connectivity index (χ1v) is 12.0. The first-order valence-electron chi connectivity index (χ1n) is 11.1. The number of rotatable bonds is 9. The van der Waals surface area contributed by atoms with Crippen molar-refractivity contribution in [3.8, 4) is 0 Å². The van der Waals surface area contributed by atoms with Gasteiger partial charge >= 0.3 is 6.18 Å². The van der Waals surface area contributed by atoms with Crippen LogP contribution < -0.4 is 10.6 Å². The number of benzene rings is 3. The van der Waals surface area contributed by atoms with Gasteiger partial charge in [0.1, 0.15) is 0 Å². The summed E-state index contributed by atoms with van der Waals surface area (Å²) < 4.78 is 38.7. The highest BCUT2D eigenvalue weighted by molar-refractivity contribution is 7.13. The van der Waals surface area contributed by atoms with Crippen LogP contribution in [0.25, 0.3) is 0 Å². The molecule has 0 bridgehead atoms. The highest BCUT2D eigenvalue weighted by atomic mass is 32.1. The number of alkyl halides is 3. The molecule has 0 saturated heterocycles. The minimum atomic E-state index is -4.41. The Bertz CT molecular complexity index is 1200. The van der Waals surface area contributed by atoms with Crippen LogP contribution in [0.5, 0.6) is 0 Å². The molecule has 0 radical (unpaired) electrons. The molecule has 0 aliphatic heterocycles. The molecule has 0 aliphatic rings. The number of nitrogens with one attached hydrogen (secondary N) is 2. The Kier molecular flexibility index (Phi) is 7.82. The molecule has 0 saturated carbocycles. The number of hydrogen-bond donors (Lipinski definition) is 2. The van der Waals surface area contributed by atoms with Gasteiger partial charge in [-0.1, -0.05) is 66.7 Å². The number of anilines is 2. The van der Waals surface area contributed by atoms with Crippen LogP contribution in [-0.4, -0.2) is 17.4 Å². The maximum absolute atomic E-state index is 12.9. The van der Waals surface area contributed by atoms with Gasteiger partial charge in [-0.15, -0.1) is 11.3 Å². The van der Waals surface area contributed by atoms with Gasteiger partial charge in [0, 0.05) is 23.5 Å². The van der Waals surface area contributed by atoms with E-state index in [1.54, 1.807) is 11.4 Å². The molecule has 4 aromatic rings. The summed E-state index contributed by atoms with van der Waals surface area (Å²) in [6.07, 6.45) is -3.56. The summed E-state index contributed by atoms with van der Waals surface area (Å²) in [6.45, 7) is 0.507. The first kappa shape index (κ1) is 24.5. The Labute approximate surface area is 205 Å². The van der Waals surface area contributed by atoms with E-state index in [9.17, 15) is 18.0 Å². The molecule has 180 valence electrons. The average molecular weight is 496 g/mol. The third-order valence-corrected chi connectivity index (χ3v) is 6.30. The summed E-state index contributed by atoms with van der Waals surface area (Å²) in [4.78, 5) is 16.8. The lowest BCUT2D eigenvalue weighted by atomic mass is 9.88. The minimum absolute atomic E-state index is 0.0993. The molecule has 0 unspecified atom stereocenters. The Balaban J connectivity index is 1.31. The fourth-order valence-electron chi connectivity index (χ4n) is 3.82. The number of hydrogen-bond acceptors (Lipinski definition) is 4. The van der Waals surface area contributed by atoms with Gasteiger partial charge in [-0.25, -0.2) is 4.98 Å². The lowest BCUT2D eigenvalue weighted by Gasteiger charge is -2.18. The van der Waals surface area contributed by atoms with Crippen molar-refractivity contribution in [2.45, 2.75) is 24.9 Å². The fourth-order valence-corrected chi connectivity index (χ4v) is 4.55. The van der Waals surface area contributed by atoms with E-state index in [1.807, 2.05) is 36.4 Å². The van der Waals surface area contributed by atoms with Gasteiger partial charge in [0.2, 0.25) is 5.91 Å². The number of nitrogens with zero attached hydrogens (tertiary/aromatic N) is 1. The molecule has 0 spiro atoms. The van der Waals surface area contributed by atoms with Crippen molar-refractivity contribution in [2.24, 2.45) is 0 Å². The SMILES string of the molecule is O=C(Cc1csc(Nc2cccc(C(F)(F)F)c2)n1)NCCC(c1ccccc1)c1ccccc1. The van der Waals surface area contributed by atoms with Crippen molar-refractivity contribution in [1.82, 2.24) is 10.3 Å². The normalized spacial score (nSPS) is 11.4. The minimum Gasteiger partial charge on any atom is -0.356 e. The average Bonchev–Trinajstić information content (AvgIpc) is 3.29. The van der Waals surface area contributed by atoms with Gasteiger partial charge in [-0.05, 0) is 35.7 Å².